The summed E-state index contributed by atoms with van der Waals surface area (Å²) in [6, 6.07) is 12.0. The minimum Gasteiger partial charge on any atom is -0.618 e. The average Bonchev–Trinajstić information content (AvgIpc) is 2.37. The molecule has 0 saturated heterocycles. The molecule has 0 unspecified atom stereocenters. The molecule has 2 aromatic carbocycles. The molecule has 18 heavy (non-hydrogen) atoms. The van der Waals surface area contributed by atoms with Gasteiger partial charge in [0.25, 0.3) is 0 Å². The third-order valence-corrected chi connectivity index (χ3v) is 3.48. The smallest absolute Gasteiger partial charge is 0.216 e. The van der Waals surface area contributed by atoms with Gasteiger partial charge in [0.2, 0.25) is 5.69 Å². The van der Waals surface area contributed by atoms with Crippen LogP contribution in [-0.2, 0) is 0 Å². The van der Waals surface area contributed by atoms with Crippen molar-refractivity contribution in [3.05, 3.63) is 68.3 Å². The van der Waals surface area contributed by atoms with E-state index in [-0.39, 0.29) is 5.02 Å². The minimum absolute atomic E-state index is 0.285. The predicted molar refractivity (Wildman–Crippen MR) is 76.4 cm³/mol. The molecule has 0 amide bonds. The van der Waals surface area contributed by atoms with Gasteiger partial charge in [0.1, 0.15) is 0 Å². The van der Waals surface area contributed by atoms with Crippen LogP contribution in [0.15, 0.2) is 42.5 Å². The summed E-state index contributed by atoms with van der Waals surface area (Å²) < 4.78 is 0.746. The van der Waals surface area contributed by atoms with Gasteiger partial charge in [-0.2, -0.15) is 4.74 Å². The van der Waals surface area contributed by atoms with E-state index in [1.807, 2.05) is 6.07 Å². The van der Waals surface area contributed by atoms with Crippen LogP contribution in [0.4, 0.5) is 5.69 Å². The fourth-order valence-electron chi connectivity index (χ4n) is 1.43. The van der Waals surface area contributed by atoms with E-state index >= 15 is 0 Å². The topological polar surface area (TPSA) is 26.1 Å². The molecule has 2 nitrogen and oxygen atoms in total. The van der Waals surface area contributed by atoms with Crippen LogP contribution in [0.25, 0.3) is 0 Å². The van der Waals surface area contributed by atoms with Crippen LogP contribution in [-0.4, -0.2) is 11.0 Å². The second-order valence-corrected chi connectivity index (χ2v) is 4.78. The third-order valence-electron chi connectivity index (χ3n) is 2.28. The van der Waals surface area contributed by atoms with E-state index < -0.39 is 0 Å². The molecule has 0 aliphatic heterocycles. The minimum atomic E-state index is 0.285. The van der Waals surface area contributed by atoms with Crippen LogP contribution < -0.4 is 0 Å². The van der Waals surface area contributed by atoms with Crippen molar-refractivity contribution >= 4 is 46.7 Å². The van der Waals surface area contributed by atoms with Gasteiger partial charge in [-0.25, -0.2) is 0 Å². The Morgan fingerprint density at radius 2 is 1.50 bits per heavy atom. The highest BCUT2D eigenvalue weighted by Crippen LogP contribution is 2.30. The van der Waals surface area contributed by atoms with Gasteiger partial charge in [0.15, 0.2) is 6.21 Å². The first-order chi connectivity index (χ1) is 8.58. The Morgan fingerprint density at radius 3 is 2.06 bits per heavy atom. The van der Waals surface area contributed by atoms with Gasteiger partial charge in [-0.3, -0.25) is 0 Å². The van der Waals surface area contributed by atoms with Crippen molar-refractivity contribution in [3.8, 4) is 0 Å². The molecule has 92 valence electrons. The van der Waals surface area contributed by atoms with E-state index in [0.717, 1.165) is 4.74 Å². The highest BCUT2D eigenvalue weighted by Gasteiger charge is 2.07. The average molecular weight is 301 g/mol. The Balaban J connectivity index is 2.39. The summed E-state index contributed by atoms with van der Waals surface area (Å²) in [4.78, 5) is 0. The maximum absolute atomic E-state index is 11.9. The third kappa shape index (κ3) is 2.96. The first-order valence-electron chi connectivity index (χ1n) is 5.09. The number of nitrogens with zero attached hydrogens (tertiary/aromatic N) is 1. The Morgan fingerprint density at radius 1 is 0.944 bits per heavy atom. The molecule has 0 spiro atoms. The first kappa shape index (κ1) is 13.2. The lowest BCUT2D eigenvalue weighted by atomic mass is 10.2. The normalized spacial score (nSPS) is 11.6. The van der Waals surface area contributed by atoms with Crippen LogP contribution in [0.3, 0.4) is 0 Å². The first-order valence-corrected chi connectivity index (χ1v) is 6.22. The molecule has 0 heterocycles. The summed E-state index contributed by atoms with van der Waals surface area (Å²) in [6.45, 7) is 0. The summed E-state index contributed by atoms with van der Waals surface area (Å²) in [5.74, 6) is 0. The molecule has 0 aliphatic rings. The van der Waals surface area contributed by atoms with E-state index in [4.69, 9.17) is 34.8 Å². The Bertz CT molecular complexity index is 573. The second kappa shape index (κ2) is 5.61. The summed E-state index contributed by atoms with van der Waals surface area (Å²) in [6.07, 6.45) is 1.39. The molecule has 0 fully saturated rings. The highest BCUT2D eigenvalue weighted by molar-refractivity contribution is 6.48. The molecule has 0 atom stereocenters. The maximum atomic E-state index is 11.9. The number of hydrogen-bond acceptors (Lipinski definition) is 1. The standard InChI is InChI=1S/C13H8Cl3NO/c14-11-6-9(7-12(15)13(11)16)8-17(18)10-4-2-1-3-5-10/h1-8H. The molecular weight excluding hydrogens is 293 g/mol. The van der Waals surface area contributed by atoms with Gasteiger partial charge in [0.05, 0.1) is 15.1 Å². The zero-order valence-corrected chi connectivity index (χ0v) is 11.4. The molecule has 0 saturated carbocycles. The molecule has 2 aromatic rings. The van der Waals surface area contributed by atoms with Crippen LogP contribution in [0.5, 0.6) is 0 Å². The Labute approximate surface area is 120 Å². The lowest BCUT2D eigenvalue weighted by Gasteiger charge is -2.04. The Hall–Kier alpha value is -1.22. The number of halogens is 3. The largest absolute Gasteiger partial charge is 0.618 e. The zero-order chi connectivity index (χ0) is 13.1. The van der Waals surface area contributed by atoms with Crippen LogP contribution in [0, 0.1) is 5.21 Å². The molecule has 0 aromatic heterocycles. The molecular formula is C13H8Cl3NO. The van der Waals surface area contributed by atoms with E-state index in [0.29, 0.717) is 21.3 Å². The molecule has 0 aliphatic carbocycles. The number of rotatable bonds is 2. The van der Waals surface area contributed by atoms with Gasteiger partial charge >= 0.3 is 0 Å². The molecule has 0 bridgehead atoms. The SMILES string of the molecule is [O-][N+](=Cc1cc(Cl)c(Cl)c(Cl)c1)c1ccccc1. The van der Waals surface area contributed by atoms with Crippen molar-refractivity contribution in [2.24, 2.45) is 0 Å². The zero-order valence-electron chi connectivity index (χ0n) is 9.11. The van der Waals surface area contributed by atoms with Crippen molar-refractivity contribution in [2.45, 2.75) is 0 Å². The van der Waals surface area contributed by atoms with Crippen LogP contribution in [0.2, 0.25) is 15.1 Å². The van der Waals surface area contributed by atoms with Crippen molar-refractivity contribution < 1.29 is 4.74 Å². The summed E-state index contributed by atoms with van der Waals surface area (Å²) in [7, 11) is 0. The van der Waals surface area contributed by atoms with E-state index in [9.17, 15) is 5.21 Å². The predicted octanol–water partition coefficient (Wildman–Crippen LogP) is 4.91. The number of para-hydroxylation sites is 1. The van der Waals surface area contributed by atoms with Crippen LogP contribution >= 0.6 is 34.8 Å². The van der Waals surface area contributed by atoms with Gasteiger partial charge in [-0.05, 0) is 12.1 Å². The van der Waals surface area contributed by atoms with Gasteiger partial charge in [-0.1, -0.05) is 53.0 Å². The quantitative estimate of drug-likeness (QED) is 0.254. The molecule has 0 radical (unpaired) electrons. The van der Waals surface area contributed by atoms with Crippen LogP contribution in [0.1, 0.15) is 5.56 Å². The van der Waals surface area contributed by atoms with Crippen molar-refractivity contribution in [1.29, 1.82) is 0 Å². The summed E-state index contributed by atoms with van der Waals surface area (Å²) in [5, 5.41) is 12.8. The maximum Gasteiger partial charge on any atom is 0.216 e. The van der Waals surface area contributed by atoms with E-state index in [2.05, 4.69) is 0 Å². The van der Waals surface area contributed by atoms with E-state index in [1.165, 1.54) is 6.21 Å². The van der Waals surface area contributed by atoms with Gasteiger partial charge in [0, 0.05) is 17.7 Å². The van der Waals surface area contributed by atoms with Crippen molar-refractivity contribution in [1.82, 2.24) is 0 Å². The van der Waals surface area contributed by atoms with Gasteiger partial charge in [-0.15, -0.1) is 0 Å². The lowest BCUT2D eigenvalue weighted by molar-refractivity contribution is -0.354. The monoisotopic (exact) mass is 299 g/mol. The molecule has 2 rings (SSSR count). The summed E-state index contributed by atoms with van der Waals surface area (Å²) >= 11 is 17.6. The van der Waals surface area contributed by atoms with Gasteiger partial charge < -0.3 is 5.21 Å². The Kier molecular flexibility index (Phi) is 4.12. The highest BCUT2D eigenvalue weighted by atomic mass is 35.5. The fraction of sp³-hybridized carbons (Fsp3) is 0. The van der Waals surface area contributed by atoms with Crippen molar-refractivity contribution in [3.63, 3.8) is 0 Å². The fourth-order valence-corrected chi connectivity index (χ4v) is 2.05. The number of benzene rings is 2. The summed E-state index contributed by atoms with van der Waals surface area (Å²) in [5.41, 5.74) is 1.12. The van der Waals surface area contributed by atoms with Crippen molar-refractivity contribution in [2.75, 3.05) is 0 Å². The molecule has 0 N–H and O–H groups in total. The molecule has 5 heteroatoms. The number of hydrogen-bond donors (Lipinski definition) is 0. The second-order valence-electron chi connectivity index (χ2n) is 3.59. The lowest BCUT2D eigenvalue weighted by Crippen LogP contribution is -1.98. The van der Waals surface area contributed by atoms with E-state index in [1.54, 1.807) is 36.4 Å².